The molecule has 0 aliphatic heterocycles. The Morgan fingerprint density at radius 3 is 2.54 bits per heavy atom. The van der Waals surface area contributed by atoms with E-state index < -0.39 is 15.9 Å². The summed E-state index contributed by atoms with van der Waals surface area (Å²) in [6.07, 6.45) is 2.57. The number of rotatable bonds is 4. The molecule has 1 aliphatic carbocycles. The van der Waals surface area contributed by atoms with E-state index in [4.69, 9.17) is 0 Å². The van der Waals surface area contributed by atoms with Crippen LogP contribution in [0.15, 0.2) is 53.4 Å². The van der Waals surface area contributed by atoms with Gasteiger partial charge in [-0.25, -0.2) is 12.7 Å². The normalized spacial score (nSPS) is 16.3. The summed E-state index contributed by atoms with van der Waals surface area (Å²) in [5.74, 6) is -1.17. The smallest absolute Gasteiger partial charge is 0.269 e. The zero-order valence-corrected chi connectivity index (χ0v) is 16.6. The van der Waals surface area contributed by atoms with Gasteiger partial charge in [-0.05, 0) is 48.6 Å². The van der Waals surface area contributed by atoms with Crippen molar-refractivity contribution in [1.29, 1.82) is 0 Å². The molecule has 0 heterocycles. The summed E-state index contributed by atoms with van der Waals surface area (Å²) in [7, 11) is -0.807. The van der Waals surface area contributed by atoms with E-state index in [1.807, 2.05) is 24.3 Å². The van der Waals surface area contributed by atoms with Gasteiger partial charge >= 0.3 is 0 Å². The van der Waals surface area contributed by atoms with Crippen molar-refractivity contribution in [2.24, 2.45) is 0 Å². The number of fused-ring (bicyclic) bond motifs is 1. The molecule has 0 bridgehead atoms. The summed E-state index contributed by atoms with van der Waals surface area (Å²) in [6.45, 7) is 0. The monoisotopic (exact) mass is 401 g/mol. The van der Waals surface area contributed by atoms with Crippen LogP contribution in [0.5, 0.6) is 0 Å². The summed E-state index contributed by atoms with van der Waals surface area (Å²) in [6, 6.07) is 13.5. The minimum absolute atomic E-state index is 0.0117. The molecule has 2 amide bonds. The maximum absolute atomic E-state index is 12.6. The van der Waals surface area contributed by atoms with Crippen LogP contribution >= 0.6 is 0 Å². The van der Waals surface area contributed by atoms with Crippen LogP contribution in [0, 0.1) is 0 Å². The van der Waals surface area contributed by atoms with Gasteiger partial charge in [0.05, 0.1) is 10.8 Å². The van der Waals surface area contributed by atoms with Crippen LogP contribution in [-0.4, -0.2) is 38.6 Å². The van der Waals surface area contributed by atoms with E-state index >= 15 is 0 Å². The lowest BCUT2D eigenvalue weighted by atomic mass is 9.82. The van der Waals surface area contributed by atoms with Crippen molar-refractivity contribution in [2.45, 2.75) is 30.1 Å². The Bertz CT molecular complexity index is 1000. The Morgan fingerprint density at radius 2 is 1.79 bits per heavy atom. The molecule has 2 aromatic carbocycles. The van der Waals surface area contributed by atoms with E-state index in [9.17, 15) is 18.0 Å². The van der Waals surface area contributed by atoms with E-state index in [0.29, 0.717) is 0 Å². The number of nitrogens with zero attached hydrogens (tertiary/aromatic N) is 1. The number of hydrogen-bond donors (Lipinski definition) is 2. The number of amides is 2. The lowest BCUT2D eigenvalue weighted by Gasteiger charge is -2.24. The molecule has 0 fully saturated rings. The van der Waals surface area contributed by atoms with Gasteiger partial charge in [0.2, 0.25) is 15.9 Å². The molecule has 3 rings (SSSR count). The van der Waals surface area contributed by atoms with E-state index in [1.165, 1.54) is 38.4 Å². The standard InChI is InChI=1S/C20H23N3O4S/c1-23(2)28(26,27)16-10-5-9-15(13-16)19(24)21-22-20(25)18-12-6-8-14-7-3-4-11-17(14)18/h3-5,7,9-11,13,18H,6,8,12H2,1-2H3,(H,21,24)(H,22,25)/t18-/m0/s1. The number of benzene rings is 2. The van der Waals surface area contributed by atoms with Crippen molar-refractivity contribution in [3.05, 3.63) is 65.2 Å². The molecule has 0 saturated heterocycles. The molecule has 0 aromatic heterocycles. The first kappa shape index (κ1) is 20.0. The van der Waals surface area contributed by atoms with Crippen molar-refractivity contribution >= 4 is 21.8 Å². The Morgan fingerprint density at radius 1 is 1.04 bits per heavy atom. The minimum Gasteiger partial charge on any atom is -0.273 e. The Balaban J connectivity index is 1.69. The van der Waals surface area contributed by atoms with Crippen LogP contribution in [0.4, 0.5) is 0 Å². The van der Waals surface area contributed by atoms with Crippen molar-refractivity contribution in [3.63, 3.8) is 0 Å². The minimum atomic E-state index is -3.65. The van der Waals surface area contributed by atoms with Crippen molar-refractivity contribution < 1.29 is 18.0 Å². The lowest BCUT2D eigenvalue weighted by Crippen LogP contribution is -2.44. The van der Waals surface area contributed by atoms with Gasteiger partial charge < -0.3 is 0 Å². The average molecular weight is 401 g/mol. The molecular formula is C20H23N3O4S. The van der Waals surface area contributed by atoms with Crippen LogP contribution in [0.2, 0.25) is 0 Å². The highest BCUT2D eigenvalue weighted by Gasteiger charge is 2.26. The summed E-state index contributed by atoms with van der Waals surface area (Å²) in [4.78, 5) is 25.0. The second-order valence-electron chi connectivity index (χ2n) is 6.90. The predicted molar refractivity (Wildman–Crippen MR) is 105 cm³/mol. The maximum atomic E-state index is 12.6. The van der Waals surface area contributed by atoms with Gasteiger partial charge in [0, 0.05) is 19.7 Å². The Labute approximate surface area is 164 Å². The van der Waals surface area contributed by atoms with Gasteiger partial charge in [-0.2, -0.15) is 0 Å². The third kappa shape index (κ3) is 4.07. The molecule has 0 saturated carbocycles. The van der Waals surface area contributed by atoms with Gasteiger partial charge in [0.15, 0.2) is 0 Å². The van der Waals surface area contributed by atoms with Gasteiger partial charge in [-0.1, -0.05) is 30.3 Å². The van der Waals surface area contributed by atoms with Crippen LogP contribution in [0.3, 0.4) is 0 Å². The molecule has 148 valence electrons. The summed E-state index contributed by atoms with van der Waals surface area (Å²) < 4.78 is 25.5. The highest BCUT2D eigenvalue weighted by Crippen LogP contribution is 2.31. The number of hydrazine groups is 1. The second-order valence-corrected chi connectivity index (χ2v) is 9.05. The van der Waals surface area contributed by atoms with Gasteiger partial charge in [0.25, 0.3) is 5.91 Å². The third-order valence-corrected chi connectivity index (χ3v) is 6.67. The van der Waals surface area contributed by atoms with Crippen molar-refractivity contribution in [3.8, 4) is 0 Å². The largest absolute Gasteiger partial charge is 0.273 e. The molecule has 7 nitrogen and oxygen atoms in total. The fourth-order valence-electron chi connectivity index (χ4n) is 3.31. The molecule has 1 atom stereocenters. The van der Waals surface area contributed by atoms with E-state index in [1.54, 1.807) is 0 Å². The quantitative estimate of drug-likeness (QED) is 0.764. The fourth-order valence-corrected chi connectivity index (χ4v) is 4.26. The predicted octanol–water partition coefficient (Wildman–Crippen LogP) is 1.82. The molecule has 2 aromatic rings. The van der Waals surface area contributed by atoms with Crippen molar-refractivity contribution in [1.82, 2.24) is 15.2 Å². The zero-order valence-electron chi connectivity index (χ0n) is 15.8. The van der Waals surface area contributed by atoms with E-state index in [0.717, 1.165) is 34.7 Å². The SMILES string of the molecule is CN(C)S(=O)(=O)c1cccc(C(=O)NNC(=O)[C@H]2CCCc3ccccc32)c1. The number of sulfonamides is 1. The summed E-state index contributed by atoms with van der Waals surface area (Å²) in [5, 5.41) is 0. The summed E-state index contributed by atoms with van der Waals surface area (Å²) >= 11 is 0. The zero-order chi connectivity index (χ0) is 20.3. The lowest BCUT2D eigenvalue weighted by molar-refractivity contribution is -0.123. The topological polar surface area (TPSA) is 95.6 Å². The maximum Gasteiger partial charge on any atom is 0.269 e. The van der Waals surface area contributed by atoms with Gasteiger partial charge in [0.1, 0.15) is 0 Å². The summed E-state index contributed by atoms with van der Waals surface area (Å²) in [5.41, 5.74) is 7.15. The number of carbonyl (C=O) groups excluding carboxylic acids is 2. The fraction of sp³-hybridized carbons (Fsp3) is 0.300. The Kier molecular flexibility index (Phi) is 5.81. The molecule has 8 heteroatoms. The van der Waals surface area contributed by atoms with Crippen LogP contribution in [0.1, 0.15) is 40.2 Å². The van der Waals surface area contributed by atoms with Crippen LogP contribution < -0.4 is 10.9 Å². The van der Waals surface area contributed by atoms with Crippen LogP contribution in [0.25, 0.3) is 0 Å². The van der Waals surface area contributed by atoms with Crippen LogP contribution in [-0.2, 0) is 21.2 Å². The first-order chi connectivity index (χ1) is 13.3. The molecular weight excluding hydrogens is 378 g/mol. The highest BCUT2D eigenvalue weighted by atomic mass is 32.2. The molecule has 0 spiro atoms. The molecule has 0 radical (unpaired) electrons. The third-order valence-electron chi connectivity index (χ3n) is 4.86. The molecule has 28 heavy (non-hydrogen) atoms. The molecule has 2 N–H and O–H groups in total. The molecule has 0 unspecified atom stereocenters. The first-order valence-corrected chi connectivity index (χ1v) is 10.5. The van der Waals surface area contributed by atoms with E-state index in [-0.39, 0.29) is 22.3 Å². The highest BCUT2D eigenvalue weighted by molar-refractivity contribution is 7.89. The molecule has 1 aliphatic rings. The van der Waals surface area contributed by atoms with Crippen molar-refractivity contribution in [2.75, 3.05) is 14.1 Å². The second kappa shape index (κ2) is 8.12. The number of carbonyl (C=O) groups is 2. The van der Waals surface area contributed by atoms with Gasteiger partial charge in [-0.15, -0.1) is 0 Å². The first-order valence-electron chi connectivity index (χ1n) is 9.01. The average Bonchev–Trinajstić information content (AvgIpc) is 2.71. The number of hydrogen-bond acceptors (Lipinski definition) is 4. The number of aryl methyl sites for hydroxylation is 1. The Hall–Kier alpha value is -2.71. The van der Waals surface area contributed by atoms with E-state index in [2.05, 4.69) is 10.9 Å². The number of nitrogens with one attached hydrogen (secondary N) is 2. The van der Waals surface area contributed by atoms with Gasteiger partial charge in [-0.3, -0.25) is 20.4 Å².